The van der Waals surface area contributed by atoms with Crippen molar-refractivity contribution in [2.75, 3.05) is 13.7 Å². The number of amides is 1. The maximum atomic E-state index is 12.3. The third-order valence-corrected chi connectivity index (χ3v) is 4.52. The van der Waals surface area contributed by atoms with Crippen LogP contribution in [-0.4, -0.2) is 25.6 Å². The van der Waals surface area contributed by atoms with E-state index in [-0.39, 0.29) is 23.9 Å². The van der Waals surface area contributed by atoms with Gasteiger partial charge in [-0.15, -0.1) is 0 Å². The maximum absolute atomic E-state index is 12.3. The van der Waals surface area contributed by atoms with Gasteiger partial charge < -0.3 is 15.4 Å². The zero-order valence-electron chi connectivity index (χ0n) is 12.1. The van der Waals surface area contributed by atoms with E-state index >= 15 is 0 Å². The summed E-state index contributed by atoms with van der Waals surface area (Å²) < 4.78 is 6.11. The second-order valence-corrected chi connectivity index (χ2v) is 6.12. The number of ether oxygens (including phenoxy) is 1. The van der Waals surface area contributed by atoms with Crippen LogP contribution >= 0.6 is 15.9 Å². The standard InChI is InChI=1S/C15H21BrN2O2/c1-9(11-4-5-14(20-3)13(16)8-11)18-15(19)12-6-7-17-10(12)2/h4-5,8-10,12,17H,6-7H2,1-3H3,(H,18,19). The molecule has 1 aliphatic heterocycles. The Bertz CT molecular complexity index is 493. The van der Waals surface area contributed by atoms with E-state index in [9.17, 15) is 4.79 Å². The van der Waals surface area contributed by atoms with Crippen molar-refractivity contribution >= 4 is 21.8 Å². The summed E-state index contributed by atoms with van der Waals surface area (Å²) >= 11 is 3.47. The summed E-state index contributed by atoms with van der Waals surface area (Å²) in [6.45, 7) is 4.98. The van der Waals surface area contributed by atoms with Crippen LogP contribution in [0.1, 0.15) is 31.9 Å². The van der Waals surface area contributed by atoms with Crippen molar-refractivity contribution in [3.63, 3.8) is 0 Å². The molecular formula is C15H21BrN2O2. The fraction of sp³-hybridized carbons (Fsp3) is 0.533. The Morgan fingerprint density at radius 3 is 2.85 bits per heavy atom. The van der Waals surface area contributed by atoms with Crippen molar-refractivity contribution in [3.05, 3.63) is 28.2 Å². The van der Waals surface area contributed by atoms with Crippen LogP contribution in [0.4, 0.5) is 0 Å². The zero-order chi connectivity index (χ0) is 14.7. The van der Waals surface area contributed by atoms with Crippen LogP contribution in [-0.2, 0) is 4.79 Å². The summed E-state index contributed by atoms with van der Waals surface area (Å²) in [5, 5.41) is 6.40. The number of hydrogen-bond acceptors (Lipinski definition) is 3. The molecule has 1 saturated heterocycles. The number of carbonyl (C=O) groups excluding carboxylic acids is 1. The second-order valence-electron chi connectivity index (χ2n) is 5.26. The van der Waals surface area contributed by atoms with Crippen molar-refractivity contribution in [2.45, 2.75) is 32.4 Å². The summed E-state index contributed by atoms with van der Waals surface area (Å²) in [5.74, 6) is 0.988. The molecule has 1 heterocycles. The molecule has 0 spiro atoms. The summed E-state index contributed by atoms with van der Waals surface area (Å²) in [4.78, 5) is 12.3. The molecule has 0 bridgehead atoms. The number of nitrogens with one attached hydrogen (secondary N) is 2. The van der Waals surface area contributed by atoms with Gasteiger partial charge in [-0.3, -0.25) is 4.79 Å². The molecule has 1 aliphatic rings. The van der Waals surface area contributed by atoms with Crippen LogP contribution in [0.5, 0.6) is 5.75 Å². The zero-order valence-corrected chi connectivity index (χ0v) is 13.7. The topological polar surface area (TPSA) is 50.4 Å². The van der Waals surface area contributed by atoms with E-state index in [1.165, 1.54) is 0 Å². The maximum Gasteiger partial charge on any atom is 0.225 e. The lowest BCUT2D eigenvalue weighted by Crippen LogP contribution is -2.37. The predicted octanol–water partition coefficient (Wildman–Crippen LogP) is 2.63. The highest BCUT2D eigenvalue weighted by Crippen LogP contribution is 2.28. The minimum atomic E-state index is -0.0162. The van der Waals surface area contributed by atoms with Gasteiger partial charge in [-0.05, 0) is 60.4 Å². The van der Waals surface area contributed by atoms with E-state index in [0.717, 1.165) is 28.8 Å². The fourth-order valence-corrected chi connectivity index (χ4v) is 3.13. The van der Waals surface area contributed by atoms with Crippen LogP contribution < -0.4 is 15.4 Å². The van der Waals surface area contributed by atoms with Gasteiger partial charge >= 0.3 is 0 Å². The van der Waals surface area contributed by atoms with E-state index in [2.05, 4.69) is 33.5 Å². The Morgan fingerprint density at radius 2 is 2.30 bits per heavy atom. The van der Waals surface area contributed by atoms with Gasteiger partial charge in [-0.1, -0.05) is 6.07 Å². The molecule has 20 heavy (non-hydrogen) atoms. The molecule has 0 radical (unpaired) electrons. The van der Waals surface area contributed by atoms with Crippen molar-refractivity contribution in [1.82, 2.24) is 10.6 Å². The summed E-state index contributed by atoms with van der Waals surface area (Å²) in [7, 11) is 1.64. The molecule has 4 nitrogen and oxygen atoms in total. The number of rotatable bonds is 4. The first-order valence-corrected chi connectivity index (χ1v) is 7.69. The molecule has 3 atom stereocenters. The van der Waals surface area contributed by atoms with Gasteiger partial charge in [0, 0.05) is 6.04 Å². The smallest absolute Gasteiger partial charge is 0.225 e. The Labute approximate surface area is 128 Å². The van der Waals surface area contributed by atoms with E-state index in [1.54, 1.807) is 7.11 Å². The molecule has 0 aliphatic carbocycles. The number of carbonyl (C=O) groups is 1. The summed E-state index contributed by atoms with van der Waals surface area (Å²) in [5.41, 5.74) is 1.06. The molecule has 0 saturated carbocycles. The minimum absolute atomic E-state index is 0.0162. The van der Waals surface area contributed by atoms with Crippen LogP contribution in [0.2, 0.25) is 0 Å². The van der Waals surface area contributed by atoms with Gasteiger partial charge in [0.25, 0.3) is 0 Å². The first-order chi connectivity index (χ1) is 9.52. The minimum Gasteiger partial charge on any atom is -0.496 e. The largest absolute Gasteiger partial charge is 0.496 e. The van der Waals surface area contributed by atoms with E-state index in [1.807, 2.05) is 25.1 Å². The average Bonchev–Trinajstić information content (AvgIpc) is 2.84. The fourth-order valence-electron chi connectivity index (χ4n) is 2.57. The molecular weight excluding hydrogens is 320 g/mol. The van der Waals surface area contributed by atoms with Crippen LogP contribution in [0.15, 0.2) is 22.7 Å². The molecule has 1 aromatic rings. The SMILES string of the molecule is COc1ccc(C(C)NC(=O)C2CCNC2C)cc1Br. The average molecular weight is 341 g/mol. The van der Waals surface area contributed by atoms with E-state index < -0.39 is 0 Å². The molecule has 1 fully saturated rings. The third-order valence-electron chi connectivity index (χ3n) is 3.90. The van der Waals surface area contributed by atoms with Gasteiger partial charge in [0.05, 0.1) is 23.5 Å². The Kier molecular flexibility index (Phi) is 5.05. The molecule has 2 N–H and O–H groups in total. The molecule has 1 amide bonds. The Morgan fingerprint density at radius 1 is 1.55 bits per heavy atom. The normalized spacial score (nSPS) is 23.4. The number of halogens is 1. The van der Waals surface area contributed by atoms with Crippen LogP contribution in [0.25, 0.3) is 0 Å². The number of benzene rings is 1. The van der Waals surface area contributed by atoms with Gasteiger partial charge in [0.1, 0.15) is 5.75 Å². The highest BCUT2D eigenvalue weighted by atomic mass is 79.9. The lowest BCUT2D eigenvalue weighted by molar-refractivity contribution is -0.125. The lowest BCUT2D eigenvalue weighted by atomic mass is 10.00. The molecule has 0 aromatic heterocycles. The van der Waals surface area contributed by atoms with Gasteiger partial charge in [0.15, 0.2) is 0 Å². The molecule has 2 rings (SSSR count). The molecule has 110 valence electrons. The van der Waals surface area contributed by atoms with E-state index in [0.29, 0.717) is 0 Å². The third kappa shape index (κ3) is 3.33. The van der Waals surface area contributed by atoms with Crippen LogP contribution in [0.3, 0.4) is 0 Å². The van der Waals surface area contributed by atoms with Gasteiger partial charge in [0.2, 0.25) is 5.91 Å². The summed E-state index contributed by atoms with van der Waals surface area (Å²) in [6.07, 6.45) is 0.909. The molecule has 1 aromatic carbocycles. The van der Waals surface area contributed by atoms with Crippen LogP contribution in [0, 0.1) is 5.92 Å². The van der Waals surface area contributed by atoms with Gasteiger partial charge in [-0.25, -0.2) is 0 Å². The first-order valence-electron chi connectivity index (χ1n) is 6.90. The highest BCUT2D eigenvalue weighted by molar-refractivity contribution is 9.10. The summed E-state index contributed by atoms with van der Waals surface area (Å²) in [6, 6.07) is 6.11. The van der Waals surface area contributed by atoms with Crippen molar-refractivity contribution < 1.29 is 9.53 Å². The monoisotopic (exact) mass is 340 g/mol. The molecule has 5 heteroatoms. The predicted molar refractivity (Wildman–Crippen MR) is 82.8 cm³/mol. The number of methoxy groups -OCH3 is 1. The second kappa shape index (κ2) is 6.59. The first kappa shape index (κ1) is 15.3. The quantitative estimate of drug-likeness (QED) is 0.885. The molecule has 3 unspecified atom stereocenters. The van der Waals surface area contributed by atoms with Crippen molar-refractivity contribution in [1.29, 1.82) is 0 Å². The van der Waals surface area contributed by atoms with Crippen molar-refractivity contribution in [2.24, 2.45) is 5.92 Å². The Balaban J connectivity index is 2.02. The van der Waals surface area contributed by atoms with Crippen molar-refractivity contribution in [3.8, 4) is 5.75 Å². The Hall–Kier alpha value is -1.07. The van der Waals surface area contributed by atoms with Gasteiger partial charge in [-0.2, -0.15) is 0 Å². The lowest BCUT2D eigenvalue weighted by Gasteiger charge is -2.20. The van der Waals surface area contributed by atoms with E-state index in [4.69, 9.17) is 4.74 Å². The highest BCUT2D eigenvalue weighted by Gasteiger charge is 2.30. The number of hydrogen-bond donors (Lipinski definition) is 2.